The molecule has 1 aromatic heterocycles. The zero-order valence-electron chi connectivity index (χ0n) is 9.41. The lowest BCUT2D eigenvalue weighted by molar-refractivity contribution is 0.249. The predicted octanol–water partition coefficient (Wildman–Crippen LogP) is 0.479. The molecule has 2 amide bonds. The van der Waals surface area contributed by atoms with Crippen LogP contribution in [0.1, 0.15) is 5.69 Å². The van der Waals surface area contributed by atoms with Crippen LogP contribution in [0.25, 0.3) is 0 Å². The number of hydrogen-bond donors (Lipinski definition) is 3. The molecule has 0 unspecified atom stereocenters. The number of hydrogen-bond acceptors (Lipinski definition) is 4. The van der Waals surface area contributed by atoms with Crippen molar-refractivity contribution in [2.75, 3.05) is 25.5 Å². The van der Waals surface area contributed by atoms with Crippen LogP contribution in [0.2, 0.25) is 0 Å². The van der Waals surface area contributed by atoms with E-state index in [1.807, 2.05) is 13.0 Å². The average molecular weight is 224 g/mol. The van der Waals surface area contributed by atoms with Crippen molar-refractivity contribution in [1.82, 2.24) is 10.3 Å². The summed E-state index contributed by atoms with van der Waals surface area (Å²) < 4.78 is 5.14. The number of nitrogens with two attached hydrogens (primary N) is 1. The van der Waals surface area contributed by atoms with Crippen LogP contribution in [0.15, 0.2) is 12.3 Å². The second kappa shape index (κ2) is 5.79. The molecule has 0 aliphatic heterocycles. The van der Waals surface area contributed by atoms with Gasteiger partial charge in [-0.05, 0) is 13.0 Å². The van der Waals surface area contributed by atoms with E-state index in [0.29, 0.717) is 18.8 Å². The van der Waals surface area contributed by atoms with Crippen molar-refractivity contribution in [1.29, 1.82) is 0 Å². The monoisotopic (exact) mass is 224 g/mol. The van der Waals surface area contributed by atoms with E-state index < -0.39 is 6.03 Å². The molecule has 0 fully saturated rings. The van der Waals surface area contributed by atoms with Gasteiger partial charge in [0.15, 0.2) is 5.75 Å². The minimum Gasteiger partial charge on any atom is -0.493 e. The quantitative estimate of drug-likeness (QED) is 0.634. The fraction of sp³-hybridized carbons (Fsp3) is 0.400. The van der Waals surface area contributed by atoms with Crippen LogP contribution in [-0.2, 0) is 0 Å². The number of aryl methyl sites for hydroxylation is 1. The highest BCUT2D eigenvalue weighted by atomic mass is 16.5. The lowest BCUT2D eigenvalue weighted by Crippen LogP contribution is -2.33. The Hall–Kier alpha value is -1.98. The highest BCUT2D eigenvalue weighted by molar-refractivity contribution is 5.71. The summed E-state index contributed by atoms with van der Waals surface area (Å²) in [6.07, 6.45) is 1.65. The molecule has 1 aromatic rings. The first-order valence-corrected chi connectivity index (χ1v) is 4.91. The van der Waals surface area contributed by atoms with Gasteiger partial charge in [0.05, 0.1) is 19.0 Å². The van der Waals surface area contributed by atoms with Gasteiger partial charge in [0.1, 0.15) is 0 Å². The third-order valence-corrected chi connectivity index (χ3v) is 1.96. The van der Waals surface area contributed by atoms with Crippen molar-refractivity contribution in [2.45, 2.75) is 6.92 Å². The smallest absolute Gasteiger partial charge is 0.312 e. The van der Waals surface area contributed by atoms with E-state index in [1.165, 1.54) is 0 Å². The van der Waals surface area contributed by atoms with E-state index in [0.717, 1.165) is 11.4 Å². The molecule has 0 aliphatic carbocycles. The maximum absolute atomic E-state index is 10.4. The average Bonchev–Trinajstić information content (AvgIpc) is 2.24. The number of carbonyl (C=O) groups excluding carboxylic acids is 1. The van der Waals surface area contributed by atoms with Gasteiger partial charge in [-0.25, -0.2) is 4.79 Å². The Morgan fingerprint density at radius 1 is 1.56 bits per heavy atom. The normalized spacial score (nSPS) is 9.62. The summed E-state index contributed by atoms with van der Waals surface area (Å²) in [6.45, 7) is 2.93. The van der Waals surface area contributed by atoms with E-state index in [2.05, 4.69) is 15.6 Å². The van der Waals surface area contributed by atoms with Gasteiger partial charge in [0.25, 0.3) is 0 Å². The van der Waals surface area contributed by atoms with E-state index >= 15 is 0 Å². The molecule has 1 rings (SSSR count). The first kappa shape index (κ1) is 12.1. The third kappa shape index (κ3) is 3.64. The van der Waals surface area contributed by atoms with Gasteiger partial charge >= 0.3 is 6.03 Å². The first-order chi connectivity index (χ1) is 7.63. The van der Waals surface area contributed by atoms with Gasteiger partial charge in [-0.15, -0.1) is 0 Å². The largest absolute Gasteiger partial charge is 0.493 e. The van der Waals surface area contributed by atoms with Crippen LogP contribution in [0.3, 0.4) is 0 Å². The second-order valence-corrected chi connectivity index (χ2v) is 3.24. The number of rotatable bonds is 5. The van der Waals surface area contributed by atoms with Crippen LogP contribution >= 0.6 is 0 Å². The molecule has 0 saturated carbocycles. The first-order valence-electron chi connectivity index (χ1n) is 4.91. The molecule has 0 radical (unpaired) electrons. The van der Waals surface area contributed by atoms with Crippen molar-refractivity contribution in [3.63, 3.8) is 0 Å². The topological polar surface area (TPSA) is 89.3 Å². The van der Waals surface area contributed by atoms with Gasteiger partial charge in [0.2, 0.25) is 0 Å². The van der Waals surface area contributed by atoms with E-state index in [1.54, 1.807) is 13.3 Å². The lowest BCUT2D eigenvalue weighted by atomic mass is 10.3. The zero-order chi connectivity index (χ0) is 12.0. The van der Waals surface area contributed by atoms with Crippen LogP contribution < -0.4 is 21.1 Å². The van der Waals surface area contributed by atoms with Crippen LogP contribution in [-0.4, -0.2) is 31.2 Å². The Bertz CT molecular complexity index is 368. The molecular formula is C10H16N4O2. The van der Waals surface area contributed by atoms with Crippen molar-refractivity contribution in [3.05, 3.63) is 18.0 Å². The molecule has 0 atom stereocenters. The Kier molecular flexibility index (Phi) is 4.38. The number of pyridine rings is 1. The molecule has 6 heteroatoms. The Morgan fingerprint density at radius 3 is 2.94 bits per heavy atom. The Labute approximate surface area is 94.2 Å². The molecule has 0 aromatic carbocycles. The number of primary amides is 1. The Morgan fingerprint density at radius 2 is 2.31 bits per heavy atom. The highest BCUT2D eigenvalue weighted by Gasteiger charge is 2.02. The standard InChI is InChI=1S/C10H16N4O2/c1-7-5-8(9(16-2)6-14-7)12-3-4-13-10(11)15/h5-6H,3-4H2,1-2H3,(H,12,14)(H3,11,13,15). The molecule has 0 spiro atoms. The van der Waals surface area contributed by atoms with Crippen molar-refractivity contribution in [2.24, 2.45) is 5.73 Å². The van der Waals surface area contributed by atoms with E-state index in [4.69, 9.17) is 10.5 Å². The number of nitrogens with one attached hydrogen (secondary N) is 2. The number of anilines is 1. The third-order valence-electron chi connectivity index (χ3n) is 1.96. The fourth-order valence-electron chi connectivity index (χ4n) is 1.23. The van der Waals surface area contributed by atoms with Crippen molar-refractivity contribution < 1.29 is 9.53 Å². The SMILES string of the molecule is COc1cnc(C)cc1NCCNC(N)=O. The second-order valence-electron chi connectivity index (χ2n) is 3.24. The van der Waals surface area contributed by atoms with Crippen LogP contribution in [0.4, 0.5) is 10.5 Å². The summed E-state index contributed by atoms with van der Waals surface area (Å²) in [5, 5.41) is 5.61. The number of methoxy groups -OCH3 is 1. The number of amides is 2. The van der Waals surface area contributed by atoms with E-state index in [-0.39, 0.29) is 0 Å². The van der Waals surface area contributed by atoms with Crippen LogP contribution in [0, 0.1) is 6.92 Å². The zero-order valence-corrected chi connectivity index (χ0v) is 9.41. The number of carbonyl (C=O) groups is 1. The maximum Gasteiger partial charge on any atom is 0.312 e. The molecule has 0 aliphatic rings. The summed E-state index contributed by atoms with van der Waals surface area (Å²) in [5.74, 6) is 0.671. The van der Waals surface area contributed by atoms with Gasteiger partial charge < -0.3 is 21.1 Å². The molecule has 6 nitrogen and oxygen atoms in total. The van der Waals surface area contributed by atoms with Gasteiger partial charge in [0, 0.05) is 18.8 Å². The van der Waals surface area contributed by atoms with Gasteiger partial charge in [-0.1, -0.05) is 0 Å². The number of aromatic nitrogens is 1. The minimum absolute atomic E-state index is 0.458. The summed E-state index contributed by atoms with van der Waals surface area (Å²) in [5.41, 5.74) is 6.68. The predicted molar refractivity (Wildman–Crippen MR) is 61.6 cm³/mol. The Balaban J connectivity index is 2.51. The summed E-state index contributed by atoms with van der Waals surface area (Å²) in [6, 6.07) is 1.35. The van der Waals surface area contributed by atoms with Gasteiger partial charge in [-0.2, -0.15) is 0 Å². The summed E-state index contributed by atoms with van der Waals surface area (Å²) >= 11 is 0. The van der Waals surface area contributed by atoms with Crippen molar-refractivity contribution >= 4 is 11.7 Å². The molecule has 16 heavy (non-hydrogen) atoms. The number of urea groups is 1. The molecule has 0 bridgehead atoms. The fourth-order valence-corrected chi connectivity index (χ4v) is 1.23. The molecule has 1 heterocycles. The minimum atomic E-state index is -0.528. The molecule has 0 saturated heterocycles. The molecular weight excluding hydrogens is 208 g/mol. The van der Waals surface area contributed by atoms with Crippen molar-refractivity contribution in [3.8, 4) is 5.75 Å². The molecule has 4 N–H and O–H groups in total. The summed E-state index contributed by atoms with van der Waals surface area (Å²) in [7, 11) is 1.58. The molecule has 88 valence electrons. The van der Waals surface area contributed by atoms with Gasteiger partial charge in [-0.3, -0.25) is 4.98 Å². The maximum atomic E-state index is 10.4. The highest BCUT2D eigenvalue weighted by Crippen LogP contribution is 2.22. The van der Waals surface area contributed by atoms with Crippen LogP contribution in [0.5, 0.6) is 5.75 Å². The number of nitrogens with zero attached hydrogens (tertiary/aromatic N) is 1. The lowest BCUT2D eigenvalue weighted by Gasteiger charge is -2.11. The summed E-state index contributed by atoms with van der Waals surface area (Å²) in [4.78, 5) is 14.5. The van der Waals surface area contributed by atoms with E-state index in [9.17, 15) is 4.79 Å². The number of ether oxygens (including phenoxy) is 1.